The molecule has 0 aromatic heterocycles. The van der Waals surface area contributed by atoms with Crippen LogP contribution in [0.3, 0.4) is 0 Å². The van der Waals surface area contributed by atoms with Gasteiger partial charge in [0.05, 0.1) is 13.7 Å². The average molecular weight is 422 g/mol. The minimum absolute atomic E-state index is 0.0331. The Morgan fingerprint density at radius 3 is 2.39 bits per heavy atom. The number of nitrogens with zero attached hydrogens (tertiary/aromatic N) is 2. The summed E-state index contributed by atoms with van der Waals surface area (Å²) in [6.07, 6.45) is 0. The zero-order chi connectivity index (χ0) is 20.1. The van der Waals surface area contributed by atoms with Crippen molar-refractivity contribution >= 4 is 34.8 Å². The highest BCUT2D eigenvalue weighted by atomic mass is 35.5. The Labute approximate surface area is 176 Å². The van der Waals surface area contributed by atoms with Gasteiger partial charge in [-0.15, -0.1) is 0 Å². The van der Waals surface area contributed by atoms with Crippen molar-refractivity contribution in [2.75, 3.05) is 44.7 Å². The smallest absolute Gasteiger partial charge is 0.236 e. The van der Waals surface area contributed by atoms with Gasteiger partial charge in [0.25, 0.3) is 0 Å². The lowest BCUT2D eigenvalue weighted by Crippen LogP contribution is -2.51. The Balaban J connectivity index is 1.48. The zero-order valence-electron chi connectivity index (χ0n) is 16.1. The van der Waals surface area contributed by atoms with Crippen LogP contribution in [0.15, 0.2) is 42.5 Å². The van der Waals surface area contributed by atoms with E-state index >= 15 is 0 Å². The van der Waals surface area contributed by atoms with E-state index < -0.39 is 0 Å². The predicted molar refractivity (Wildman–Crippen MR) is 115 cm³/mol. The first kappa shape index (κ1) is 20.8. The van der Waals surface area contributed by atoms with Crippen LogP contribution in [-0.2, 0) is 4.79 Å². The van der Waals surface area contributed by atoms with Gasteiger partial charge in [0.15, 0.2) is 0 Å². The number of rotatable bonds is 6. The molecule has 150 valence electrons. The van der Waals surface area contributed by atoms with E-state index in [0.29, 0.717) is 23.1 Å². The third-order valence-corrected chi connectivity index (χ3v) is 5.62. The van der Waals surface area contributed by atoms with E-state index in [0.717, 1.165) is 30.1 Å². The number of carbonyl (C=O) groups is 1. The molecule has 0 spiro atoms. The number of hydrogen-bond donors (Lipinski definition) is 1. The summed E-state index contributed by atoms with van der Waals surface area (Å²) in [5.41, 5.74) is 2.08. The topological polar surface area (TPSA) is 44.8 Å². The summed E-state index contributed by atoms with van der Waals surface area (Å²) in [4.78, 5) is 16.8. The average Bonchev–Trinajstić information content (AvgIpc) is 2.72. The summed E-state index contributed by atoms with van der Waals surface area (Å²) in [7, 11) is 1.66. The standard InChI is InChI=1S/C21H25Cl2N3O2/c1-15(19-8-3-16(22)13-20(19)23)24-14-21(27)26-11-9-25(10-12-26)17-4-6-18(28-2)7-5-17/h3-8,13,15,24H,9-12,14H2,1-2H3/t15-/m1/s1. The molecule has 1 saturated heterocycles. The third-order valence-electron chi connectivity index (χ3n) is 5.06. The lowest BCUT2D eigenvalue weighted by atomic mass is 10.1. The van der Waals surface area contributed by atoms with Crippen molar-refractivity contribution in [3.63, 3.8) is 0 Å². The van der Waals surface area contributed by atoms with Gasteiger partial charge in [-0.3, -0.25) is 4.79 Å². The maximum Gasteiger partial charge on any atom is 0.236 e. The van der Waals surface area contributed by atoms with Crippen molar-refractivity contribution in [1.29, 1.82) is 0 Å². The molecule has 7 heteroatoms. The number of carbonyl (C=O) groups excluding carboxylic acids is 1. The molecule has 1 heterocycles. The summed E-state index contributed by atoms with van der Waals surface area (Å²) in [6, 6.07) is 13.4. The van der Waals surface area contributed by atoms with E-state index in [1.807, 2.05) is 30.0 Å². The van der Waals surface area contributed by atoms with E-state index in [4.69, 9.17) is 27.9 Å². The zero-order valence-corrected chi connectivity index (χ0v) is 17.6. The van der Waals surface area contributed by atoms with E-state index in [-0.39, 0.29) is 18.5 Å². The number of hydrogen-bond acceptors (Lipinski definition) is 4. The Morgan fingerprint density at radius 1 is 1.11 bits per heavy atom. The lowest BCUT2D eigenvalue weighted by Gasteiger charge is -2.36. The van der Waals surface area contributed by atoms with Crippen LogP contribution in [0.2, 0.25) is 10.0 Å². The van der Waals surface area contributed by atoms with Crippen LogP contribution in [0.4, 0.5) is 5.69 Å². The van der Waals surface area contributed by atoms with E-state index in [9.17, 15) is 4.79 Å². The van der Waals surface area contributed by atoms with Gasteiger partial charge in [0.1, 0.15) is 5.75 Å². The van der Waals surface area contributed by atoms with Crippen molar-refractivity contribution in [1.82, 2.24) is 10.2 Å². The van der Waals surface area contributed by atoms with E-state index in [1.54, 1.807) is 19.2 Å². The van der Waals surface area contributed by atoms with Crippen molar-refractivity contribution in [3.8, 4) is 5.75 Å². The number of halogens is 2. The van der Waals surface area contributed by atoms with Gasteiger partial charge in [-0.25, -0.2) is 0 Å². The van der Waals surface area contributed by atoms with Crippen molar-refractivity contribution in [2.45, 2.75) is 13.0 Å². The van der Waals surface area contributed by atoms with Crippen molar-refractivity contribution < 1.29 is 9.53 Å². The summed E-state index contributed by atoms with van der Waals surface area (Å²) in [6.45, 7) is 5.32. The molecule has 5 nitrogen and oxygen atoms in total. The third kappa shape index (κ3) is 5.10. The maximum absolute atomic E-state index is 12.6. The highest BCUT2D eigenvalue weighted by Crippen LogP contribution is 2.26. The van der Waals surface area contributed by atoms with Gasteiger partial charge >= 0.3 is 0 Å². The monoisotopic (exact) mass is 421 g/mol. The molecular weight excluding hydrogens is 397 g/mol. The molecule has 1 N–H and O–H groups in total. The second-order valence-corrected chi connectivity index (χ2v) is 7.68. The van der Waals surface area contributed by atoms with Gasteiger partial charge in [0.2, 0.25) is 5.91 Å². The number of ether oxygens (including phenoxy) is 1. The van der Waals surface area contributed by atoms with Crippen molar-refractivity contribution in [2.24, 2.45) is 0 Å². The molecule has 0 saturated carbocycles. The molecular formula is C21H25Cl2N3O2. The summed E-state index contributed by atoms with van der Waals surface area (Å²) in [5, 5.41) is 4.47. The van der Waals surface area contributed by atoms with Gasteiger partial charge in [-0.2, -0.15) is 0 Å². The molecule has 0 aliphatic carbocycles. The summed E-state index contributed by atoms with van der Waals surface area (Å²) >= 11 is 12.2. The lowest BCUT2D eigenvalue weighted by molar-refractivity contribution is -0.130. The molecule has 1 atom stereocenters. The van der Waals surface area contributed by atoms with Crippen LogP contribution in [0.1, 0.15) is 18.5 Å². The molecule has 1 aliphatic rings. The number of amides is 1. The molecule has 3 rings (SSSR count). The highest BCUT2D eigenvalue weighted by Gasteiger charge is 2.22. The first-order valence-corrected chi connectivity index (χ1v) is 10.1. The number of nitrogens with one attached hydrogen (secondary N) is 1. The van der Waals surface area contributed by atoms with Crippen LogP contribution in [0.25, 0.3) is 0 Å². The fraction of sp³-hybridized carbons (Fsp3) is 0.381. The molecule has 1 aliphatic heterocycles. The number of benzene rings is 2. The molecule has 2 aromatic carbocycles. The van der Waals surface area contributed by atoms with Crippen LogP contribution in [0, 0.1) is 0 Å². The minimum Gasteiger partial charge on any atom is -0.497 e. The molecule has 1 fully saturated rings. The first-order chi connectivity index (χ1) is 13.5. The predicted octanol–water partition coefficient (Wildman–Crippen LogP) is 4.00. The molecule has 28 heavy (non-hydrogen) atoms. The van der Waals surface area contributed by atoms with Gasteiger partial charge < -0.3 is 19.9 Å². The van der Waals surface area contributed by atoms with E-state index in [2.05, 4.69) is 22.3 Å². The highest BCUT2D eigenvalue weighted by molar-refractivity contribution is 6.35. The normalized spacial score (nSPS) is 15.4. The van der Waals surface area contributed by atoms with Gasteiger partial charge in [-0.1, -0.05) is 29.3 Å². The number of piperazine rings is 1. The quantitative estimate of drug-likeness (QED) is 0.765. The van der Waals surface area contributed by atoms with E-state index in [1.165, 1.54) is 0 Å². The molecule has 0 unspecified atom stereocenters. The Kier molecular flexibility index (Phi) is 7.05. The van der Waals surface area contributed by atoms with Crippen LogP contribution in [0.5, 0.6) is 5.75 Å². The molecule has 1 amide bonds. The van der Waals surface area contributed by atoms with Crippen LogP contribution < -0.4 is 15.0 Å². The minimum atomic E-state index is -0.0331. The summed E-state index contributed by atoms with van der Waals surface area (Å²) in [5.74, 6) is 0.949. The SMILES string of the molecule is COc1ccc(N2CCN(C(=O)CN[C@H](C)c3ccc(Cl)cc3Cl)CC2)cc1. The first-order valence-electron chi connectivity index (χ1n) is 9.33. The van der Waals surface area contributed by atoms with Crippen LogP contribution >= 0.6 is 23.2 Å². The number of methoxy groups -OCH3 is 1. The van der Waals surface area contributed by atoms with Crippen LogP contribution in [-0.4, -0.2) is 50.6 Å². The van der Waals surface area contributed by atoms with Gasteiger partial charge in [-0.05, 0) is 48.9 Å². The van der Waals surface area contributed by atoms with Crippen molar-refractivity contribution in [3.05, 3.63) is 58.1 Å². The maximum atomic E-state index is 12.6. The van der Waals surface area contributed by atoms with Gasteiger partial charge in [0, 0.05) is 48.0 Å². The Hall–Kier alpha value is -1.95. The Morgan fingerprint density at radius 2 is 1.79 bits per heavy atom. The summed E-state index contributed by atoms with van der Waals surface area (Å²) < 4.78 is 5.20. The molecule has 2 aromatic rings. The molecule has 0 radical (unpaired) electrons. The number of anilines is 1. The fourth-order valence-electron chi connectivity index (χ4n) is 3.32. The fourth-order valence-corrected chi connectivity index (χ4v) is 3.89. The largest absolute Gasteiger partial charge is 0.497 e. The molecule has 0 bridgehead atoms. The second kappa shape index (κ2) is 9.50. The Bertz CT molecular complexity index is 806. The second-order valence-electron chi connectivity index (χ2n) is 6.83.